The van der Waals surface area contributed by atoms with Crippen LogP contribution in [0.1, 0.15) is 41.0 Å². The van der Waals surface area contributed by atoms with Crippen LogP contribution < -0.4 is 5.56 Å². The molecule has 0 radical (unpaired) electrons. The van der Waals surface area contributed by atoms with Gasteiger partial charge in [0.15, 0.2) is 0 Å². The van der Waals surface area contributed by atoms with Gasteiger partial charge in [0, 0.05) is 28.2 Å². The molecule has 0 saturated heterocycles. The third-order valence-electron chi connectivity index (χ3n) is 4.91. The van der Waals surface area contributed by atoms with Crippen LogP contribution in [0.25, 0.3) is 11.3 Å². The van der Waals surface area contributed by atoms with E-state index in [1.807, 2.05) is 6.07 Å². The highest BCUT2D eigenvalue weighted by atomic mass is 35.5. The van der Waals surface area contributed by atoms with Crippen LogP contribution >= 0.6 is 34.7 Å². The van der Waals surface area contributed by atoms with Gasteiger partial charge in [-0.25, -0.2) is 0 Å². The molecule has 0 aromatic carbocycles. The molecule has 0 aliphatic heterocycles. The summed E-state index contributed by atoms with van der Waals surface area (Å²) in [5.41, 5.74) is -1.30. The fourth-order valence-electron chi connectivity index (χ4n) is 3.11. The molecule has 0 bridgehead atoms. The number of hydrogen-bond acceptors (Lipinski definition) is 8. The lowest BCUT2D eigenvalue weighted by atomic mass is 9.96. The molecule has 12 heteroatoms. The molecule has 0 aliphatic rings. The molecule has 0 spiro atoms. The fraction of sp³-hybridized carbons (Fsp3) is 0.261. The number of rotatable bonds is 7. The Morgan fingerprint density at radius 2 is 1.97 bits per heavy atom. The molecule has 4 aromatic heterocycles. The lowest BCUT2D eigenvalue weighted by Gasteiger charge is -2.17. The zero-order valence-electron chi connectivity index (χ0n) is 18.9. The monoisotopic (exact) mass is 534 g/mol. The van der Waals surface area contributed by atoms with Crippen LogP contribution in [0.4, 0.5) is 4.39 Å². The first-order valence-corrected chi connectivity index (χ1v) is 12.6. The highest BCUT2D eigenvalue weighted by Gasteiger charge is 2.28. The van der Waals surface area contributed by atoms with Gasteiger partial charge in [-0.1, -0.05) is 37.5 Å². The molecule has 0 atom stereocenters. The molecule has 0 unspecified atom stereocenters. The van der Waals surface area contributed by atoms with E-state index in [2.05, 4.69) is 10.3 Å². The average molecular weight is 535 g/mol. The third-order valence-corrected chi connectivity index (χ3v) is 7.37. The van der Waals surface area contributed by atoms with Crippen LogP contribution in [0.5, 0.6) is 0 Å². The second kappa shape index (κ2) is 9.92. The minimum absolute atomic E-state index is 0.0172. The van der Waals surface area contributed by atoms with Gasteiger partial charge in [-0.05, 0) is 24.3 Å². The number of hydrogen-bond donors (Lipinski definition) is 0. The Morgan fingerprint density at radius 1 is 1.20 bits per heavy atom. The van der Waals surface area contributed by atoms with Gasteiger partial charge in [-0.3, -0.25) is 19.0 Å². The van der Waals surface area contributed by atoms with Crippen LogP contribution in [0.15, 0.2) is 56.9 Å². The number of nitrogens with zero attached hydrogens (tertiary/aromatic N) is 4. The lowest BCUT2D eigenvalue weighted by molar-refractivity contribution is 0.0736. The summed E-state index contributed by atoms with van der Waals surface area (Å²) < 4.78 is 22.9. The van der Waals surface area contributed by atoms with Crippen molar-refractivity contribution >= 4 is 46.4 Å². The van der Waals surface area contributed by atoms with Crippen LogP contribution in [-0.4, -0.2) is 31.2 Å². The predicted octanol–water partition coefficient (Wildman–Crippen LogP) is 5.42. The zero-order chi connectivity index (χ0) is 25.3. The highest BCUT2D eigenvalue weighted by molar-refractivity contribution is 7.98. The van der Waals surface area contributed by atoms with Gasteiger partial charge in [0.25, 0.3) is 11.5 Å². The predicted molar refractivity (Wildman–Crippen MR) is 132 cm³/mol. The number of ketones is 1. The van der Waals surface area contributed by atoms with E-state index in [4.69, 9.17) is 16.1 Å². The number of Topliss-reactive ketones (excluding diaryl/α,β-unsaturated/α-hetero) is 1. The number of carbonyl (C=O) groups excluding carboxylic acids is 2. The smallest absolute Gasteiger partial charge is 0.253 e. The summed E-state index contributed by atoms with van der Waals surface area (Å²) in [6, 6.07) is 9.05. The van der Waals surface area contributed by atoms with E-state index in [0.29, 0.717) is 19.7 Å². The van der Waals surface area contributed by atoms with Crippen molar-refractivity contribution in [2.24, 2.45) is 5.41 Å². The Kier molecular flexibility index (Phi) is 7.11. The van der Waals surface area contributed by atoms with Crippen LogP contribution in [0, 0.1) is 11.4 Å². The largest absolute Gasteiger partial charge is 0.353 e. The van der Waals surface area contributed by atoms with Crippen molar-refractivity contribution in [2.45, 2.75) is 38.1 Å². The molecule has 0 aliphatic carbocycles. The van der Waals surface area contributed by atoms with Crippen LogP contribution in [-0.2, 0) is 12.3 Å². The number of aromatic nitrogens is 4. The molecule has 4 heterocycles. The normalized spacial score (nSPS) is 11.7. The summed E-state index contributed by atoms with van der Waals surface area (Å²) in [6.45, 7) is 4.72. The molecule has 4 rings (SSSR count). The van der Waals surface area contributed by atoms with E-state index < -0.39 is 29.2 Å². The Balaban J connectivity index is 1.72. The van der Waals surface area contributed by atoms with Gasteiger partial charge in [-0.2, -0.15) is 14.2 Å². The number of thioether (sulfide) groups is 1. The van der Waals surface area contributed by atoms with Crippen LogP contribution in [0.2, 0.25) is 4.34 Å². The third kappa shape index (κ3) is 5.47. The first kappa shape index (κ1) is 25.1. The number of thiophene rings is 1. The Hall–Kier alpha value is -3.02. The minimum Gasteiger partial charge on any atom is -0.353 e. The second-order valence-corrected chi connectivity index (χ2v) is 11.4. The first-order chi connectivity index (χ1) is 16.5. The van der Waals surface area contributed by atoms with E-state index >= 15 is 4.39 Å². The Bertz CT molecular complexity index is 1450. The maximum absolute atomic E-state index is 15.5. The molecule has 8 nitrogen and oxygen atoms in total. The van der Waals surface area contributed by atoms with Gasteiger partial charge < -0.3 is 4.52 Å². The topological polar surface area (TPSA) is 100.0 Å². The molecule has 4 aromatic rings. The van der Waals surface area contributed by atoms with E-state index in [9.17, 15) is 14.4 Å². The molecule has 182 valence electrons. The summed E-state index contributed by atoms with van der Waals surface area (Å²) in [7, 11) is 0. The summed E-state index contributed by atoms with van der Waals surface area (Å²) >= 11 is 8.81. The van der Waals surface area contributed by atoms with Gasteiger partial charge in [-0.15, -0.1) is 23.1 Å². The summed E-state index contributed by atoms with van der Waals surface area (Å²) in [5, 5.41) is 8.35. The quantitative estimate of drug-likeness (QED) is 0.177. The lowest BCUT2D eigenvalue weighted by Crippen LogP contribution is -2.28. The zero-order valence-corrected chi connectivity index (χ0v) is 21.3. The Labute approximate surface area is 212 Å². The summed E-state index contributed by atoms with van der Waals surface area (Å²) in [5.74, 6) is -1.38. The first-order valence-electron chi connectivity index (χ1n) is 10.4. The maximum atomic E-state index is 15.5. The standard InChI is InChI=1S/C23H20ClFN4O4S2/c1-23(2,3)22(32)29-20(34-12-13-4-6-18(24)35-13)10-15(27-29)14-5-7-19(31)28(21(14)25)11-16(30)17-8-9-26-33-17/h4-10H,11-12H2,1-3H3. The minimum atomic E-state index is -0.945. The van der Waals surface area contributed by atoms with Gasteiger partial charge >= 0.3 is 0 Å². The van der Waals surface area contributed by atoms with Crippen molar-refractivity contribution in [1.82, 2.24) is 19.5 Å². The summed E-state index contributed by atoms with van der Waals surface area (Å²) in [6.07, 6.45) is 1.28. The van der Waals surface area contributed by atoms with Crippen molar-refractivity contribution in [1.29, 1.82) is 0 Å². The van der Waals surface area contributed by atoms with Gasteiger partial charge in [0.05, 0.1) is 28.3 Å². The van der Waals surface area contributed by atoms with Crippen molar-refractivity contribution in [3.63, 3.8) is 0 Å². The van der Waals surface area contributed by atoms with Crippen molar-refractivity contribution in [3.05, 3.63) is 73.9 Å². The fourth-order valence-corrected chi connectivity index (χ4v) is 5.23. The van der Waals surface area contributed by atoms with Crippen LogP contribution in [0.3, 0.4) is 0 Å². The molecule has 0 fully saturated rings. The number of carbonyl (C=O) groups is 2. The van der Waals surface area contributed by atoms with Gasteiger partial charge in [0.1, 0.15) is 5.03 Å². The Morgan fingerprint density at radius 3 is 2.60 bits per heavy atom. The number of pyridine rings is 1. The maximum Gasteiger partial charge on any atom is 0.253 e. The molecule has 35 heavy (non-hydrogen) atoms. The van der Waals surface area contributed by atoms with Crippen molar-refractivity contribution < 1.29 is 18.5 Å². The molecule has 0 N–H and O–H groups in total. The number of halogens is 2. The second-order valence-electron chi connectivity index (χ2n) is 8.59. The SMILES string of the molecule is CC(C)(C)C(=O)n1nc(-c2ccc(=O)n(CC(=O)c3ccno3)c2F)cc1SCc1ccc(Cl)s1. The van der Waals surface area contributed by atoms with E-state index in [1.165, 1.54) is 46.1 Å². The van der Waals surface area contributed by atoms with Gasteiger partial charge in [0.2, 0.25) is 17.5 Å². The molecule has 0 amide bonds. The van der Waals surface area contributed by atoms with E-state index in [1.54, 1.807) is 32.9 Å². The molecular weight excluding hydrogens is 515 g/mol. The molecular formula is C23H20ClFN4O4S2. The van der Waals surface area contributed by atoms with E-state index in [0.717, 1.165) is 10.9 Å². The average Bonchev–Trinajstić information content (AvgIpc) is 3.55. The van der Waals surface area contributed by atoms with Crippen molar-refractivity contribution in [2.75, 3.05) is 0 Å². The van der Waals surface area contributed by atoms with E-state index in [-0.39, 0.29) is 22.9 Å². The summed E-state index contributed by atoms with van der Waals surface area (Å²) in [4.78, 5) is 38.8. The highest BCUT2D eigenvalue weighted by Crippen LogP contribution is 2.33. The van der Waals surface area contributed by atoms with Crippen molar-refractivity contribution in [3.8, 4) is 11.3 Å². The molecule has 0 saturated carbocycles.